The van der Waals surface area contributed by atoms with Gasteiger partial charge in [0.05, 0.1) is 4.47 Å². The van der Waals surface area contributed by atoms with Crippen molar-refractivity contribution in [2.75, 3.05) is 5.73 Å². The number of benzene rings is 2. The van der Waals surface area contributed by atoms with Gasteiger partial charge in [0.15, 0.2) is 5.76 Å². The number of furan rings is 1. The van der Waals surface area contributed by atoms with Gasteiger partial charge in [-0.3, -0.25) is 0 Å². The lowest BCUT2D eigenvalue weighted by molar-refractivity contribution is 0.269. The molecule has 7 heteroatoms. The van der Waals surface area contributed by atoms with E-state index >= 15 is 0 Å². The number of rotatable bonds is 5. The summed E-state index contributed by atoms with van der Waals surface area (Å²) in [6.07, 6.45) is 0. The molecular weight excluding hydrogens is 410 g/mol. The van der Waals surface area contributed by atoms with Crippen LogP contribution < -0.4 is 10.5 Å². The molecule has 6 nitrogen and oxygen atoms in total. The maximum Gasteiger partial charge on any atom is 0.293 e. The summed E-state index contributed by atoms with van der Waals surface area (Å²) in [5.41, 5.74) is 8.37. The second kappa shape index (κ2) is 7.28. The van der Waals surface area contributed by atoms with Crippen molar-refractivity contribution in [1.29, 1.82) is 0 Å². The molecule has 0 amide bonds. The third-order valence-electron chi connectivity index (χ3n) is 4.12. The van der Waals surface area contributed by atoms with E-state index in [2.05, 4.69) is 26.1 Å². The zero-order chi connectivity index (χ0) is 18.8. The summed E-state index contributed by atoms with van der Waals surface area (Å²) in [5, 5.41) is 4.04. The van der Waals surface area contributed by atoms with Gasteiger partial charge in [-0.05, 0) is 58.7 Å². The number of hydrogen-bond donors (Lipinski definition) is 1. The Kier molecular flexibility index (Phi) is 4.68. The molecule has 0 saturated carbocycles. The Hall–Kier alpha value is -3.06. The highest BCUT2D eigenvalue weighted by molar-refractivity contribution is 9.10. The summed E-state index contributed by atoms with van der Waals surface area (Å²) < 4.78 is 17.8. The number of aromatic nitrogens is 2. The zero-order valence-corrected chi connectivity index (χ0v) is 16.1. The Morgan fingerprint density at radius 1 is 1.07 bits per heavy atom. The molecule has 0 aliphatic rings. The van der Waals surface area contributed by atoms with Gasteiger partial charge in [-0.15, -0.1) is 0 Å². The molecule has 136 valence electrons. The van der Waals surface area contributed by atoms with E-state index in [1.54, 1.807) is 6.07 Å². The molecule has 0 unspecified atom stereocenters. The van der Waals surface area contributed by atoms with Crippen LogP contribution in [0, 0.1) is 6.92 Å². The van der Waals surface area contributed by atoms with Gasteiger partial charge in [0.25, 0.3) is 5.89 Å². The first kappa shape index (κ1) is 17.4. The van der Waals surface area contributed by atoms with Crippen molar-refractivity contribution in [1.82, 2.24) is 10.1 Å². The lowest BCUT2D eigenvalue weighted by Crippen LogP contribution is -1.94. The molecule has 0 saturated heterocycles. The molecule has 0 aliphatic heterocycles. The minimum atomic E-state index is 0.290. The molecule has 2 aromatic heterocycles. The quantitative estimate of drug-likeness (QED) is 0.440. The fraction of sp³-hybridized carbons (Fsp3) is 0.100. The lowest BCUT2D eigenvalue weighted by atomic mass is 10.1. The van der Waals surface area contributed by atoms with Crippen LogP contribution in [0.2, 0.25) is 0 Å². The molecule has 0 aliphatic carbocycles. The highest BCUT2D eigenvalue weighted by Gasteiger charge is 2.16. The van der Waals surface area contributed by atoms with Crippen LogP contribution in [0.1, 0.15) is 11.3 Å². The third-order valence-corrected chi connectivity index (χ3v) is 4.78. The summed E-state index contributed by atoms with van der Waals surface area (Å²) in [5.74, 6) is 2.66. The smallest absolute Gasteiger partial charge is 0.293 e. The second-order valence-electron chi connectivity index (χ2n) is 5.93. The summed E-state index contributed by atoms with van der Waals surface area (Å²) in [7, 11) is 0. The number of ether oxygens (including phenoxy) is 1. The molecule has 4 aromatic rings. The number of hydrogen-bond acceptors (Lipinski definition) is 6. The first-order valence-electron chi connectivity index (χ1n) is 8.27. The van der Waals surface area contributed by atoms with Crippen LogP contribution in [0.3, 0.4) is 0 Å². The van der Waals surface area contributed by atoms with Gasteiger partial charge in [0, 0.05) is 11.3 Å². The molecule has 2 N–H and O–H groups in total. The molecule has 0 bridgehead atoms. The monoisotopic (exact) mass is 425 g/mol. The van der Waals surface area contributed by atoms with Crippen LogP contribution in [-0.2, 0) is 6.61 Å². The highest BCUT2D eigenvalue weighted by atomic mass is 79.9. The standard InChI is InChI=1S/C20H16BrN3O3/c1-12-14(5-4-7-16(12)22)19-23-20(27-24-19)18-10-9-13(26-18)11-25-17-8-3-2-6-15(17)21/h2-10H,11,22H2,1H3. The fourth-order valence-corrected chi connectivity index (χ4v) is 3.01. The average molecular weight is 426 g/mol. The highest BCUT2D eigenvalue weighted by Crippen LogP contribution is 2.29. The predicted molar refractivity (Wildman–Crippen MR) is 105 cm³/mol. The molecule has 0 fully saturated rings. The van der Waals surface area contributed by atoms with Crippen molar-refractivity contribution in [2.24, 2.45) is 0 Å². The Bertz CT molecular complexity index is 1090. The van der Waals surface area contributed by atoms with E-state index in [0.717, 1.165) is 21.3 Å². The van der Waals surface area contributed by atoms with Crippen molar-refractivity contribution in [3.63, 3.8) is 0 Å². The second-order valence-corrected chi connectivity index (χ2v) is 6.78. The summed E-state index contributed by atoms with van der Waals surface area (Å²) in [6.45, 7) is 2.21. The van der Waals surface area contributed by atoms with E-state index in [4.69, 9.17) is 19.4 Å². The first-order valence-corrected chi connectivity index (χ1v) is 9.06. The van der Waals surface area contributed by atoms with Gasteiger partial charge in [0.2, 0.25) is 5.82 Å². The van der Waals surface area contributed by atoms with E-state index in [1.807, 2.05) is 55.5 Å². The van der Waals surface area contributed by atoms with Gasteiger partial charge < -0.3 is 19.4 Å². The molecule has 2 aromatic carbocycles. The number of anilines is 1. The molecule has 2 heterocycles. The average Bonchev–Trinajstić information content (AvgIpc) is 3.33. The van der Waals surface area contributed by atoms with Gasteiger partial charge in [-0.25, -0.2) is 0 Å². The number of halogens is 1. The summed E-state index contributed by atoms with van der Waals surface area (Å²) in [4.78, 5) is 4.42. The van der Waals surface area contributed by atoms with Crippen LogP contribution >= 0.6 is 15.9 Å². The van der Waals surface area contributed by atoms with E-state index in [-0.39, 0.29) is 6.61 Å². The van der Waals surface area contributed by atoms with Crippen molar-refractivity contribution in [2.45, 2.75) is 13.5 Å². The Labute approximate surface area is 164 Å². The zero-order valence-electron chi connectivity index (χ0n) is 14.5. The van der Waals surface area contributed by atoms with Crippen molar-refractivity contribution < 1.29 is 13.7 Å². The minimum absolute atomic E-state index is 0.290. The third kappa shape index (κ3) is 3.59. The van der Waals surface area contributed by atoms with E-state index in [9.17, 15) is 0 Å². The van der Waals surface area contributed by atoms with Gasteiger partial charge >= 0.3 is 0 Å². The summed E-state index contributed by atoms with van der Waals surface area (Å²) >= 11 is 3.45. The molecule has 4 rings (SSSR count). The Balaban J connectivity index is 1.51. The van der Waals surface area contributed by atoms with Crippen LogP contribution in [0.15, 0.2) is 68.0 Å². The maximum absolute atomic E-state index is 5.95. The largest absolute Gasteiger partial charge is 0.484 e. The molecule has 27 heavy (non-hydrogen) atoms. The molecular formula is C20H16BrN3O3. The van der Waals surface area contributed by atoms with Crippen molar-refractivity contribution >= 4 is 21.6 Å². The van der Waals surface area contributed by atoms with E-state index in [1.165, 1.54) is 0 Å². The first-order chi connectivity index (χ1) is 13.1. The lowest BCUT2D eigenvalue weighted by Gasteiger charge is -2.05. The number of nitrogens with zero attached hydrogens (tertiary/aromatic N) is 2. The maximum atomic E-state index is 5.95. The fourth-order valence-electron chi connectivity index (χ4n) is 2.61. The van der Waals surface area contributed by atoms with Crippen LogP contribution in [0.4, 0.5) is 5.69 Å². The van der Waals surface area contributed by atoms with E-state index in [0.29, 0.717) is 28.9 Å². The van der Waals surface area contributed by atoms with Crippen molar-refractivity contribution in [3.8, 4) is 28.8 Å². The minimum Gasteiger partial charge on any atom is -0.484 e. The number of para-hydroxylation sites is 1. The van der Waals surface area contributed by atoms with E-state index < -0.39 is 0 Å². The SMILES string of the molecule is Cc1c(N)cccc1-c1noc(-c2ccc(COc3ccccc3Br)o2)n1. The van der Waals surface area contributed by atoms with Crippen molar-refractivity contribution in [3.05, 3.63) is 70.4 Å². The van der Waals surface area contributed by atoms with Crippen LogP contribution in [-0.4, -0.2) is 10.1 Å². The Morgan fingerprint density at radius 2 is 1.93 bits per heavy atom. The van der Waals surface area contributed by atoms with Gasteiger partial charge in [-0.1, -0.05) is 29.4 Å². The summed E-state index contributed by atoms with van der Waals surface area (Å²) in [6, 6.07) is 16.8. The predicted octanol–water partition coefficient (Wildman–Crippen LogP) is 5.23. The molecule has 0 spiro atoms. The Morgan fingerprint density at radius 3 is 2.78 bits per heavy atom. The van der Waals surface area contributed by atoms with Crippen LogP contribution in [0.25, 0.3) is 23.0 Å². The number of nitrogens with two attached hydrogens (primary N) is 1. The van der Waals surface area contributed by atoms with Gasteiger partial charge in [0.1, 0.15) is 18.1 Å². The normalized spacial score (nSPS) is 10.9. The molecule has 0 radical (unpaired) electrons. The molecule has 0 atom stereocenters. The van der Waals surface area contributed by atoms with Gasteiger partial charge in [-0.2, -0.15) is 4.98 Å². The number of nitrogen functional groups attached to an aromatic ring is 1. The topological polar surface area (TPSA) is 87.3 Å². The van der Waals surface area contributed by atoms with Crippen LogP contribution in [0.5, 0.6) is 5.75 Å².